The van der Waals surface area contributed by atoms with Gasteiger partial charge in [-0.3, -0.25) is 14.4 Å². The Morgan fingerprint density at radius 3 is 2.72 bits per heavy atom. The molecule has 1 aliphatic carbocycles. The summed E-state index contributed by atoms with van der Waals surface area (Å²) in [6, 6.07) is 11.2. The van der Waals surface area contributed by atoms with Crippen LogP contribution in [0.1, 0.15) is 44.3 Å². The van der Waals surface area contributed by atoms with Gasteiger partial charge in [0.15, 0.2) is 5.78 Å². The van der Waals surface area contributed by atoms with E-state index in [1.165, 1.54) is 13.2 Å². The average Bonchev–Trinajstić information content (AvgIpc) is 2.62. The number of fused-ring (bicyclic) bond motifs is 1. The van der Waals surface area contributed by atoms with E-state index in [4.69, 9.17) is 4.74 Å². The monoisotopic (exact) mass is 340 g/mol. The standard InChI is InChI=1S/C19H20N2O4/c1-25-8-7-20-18(23)15-11-14-16(21-19(15)24)9-13(10-17(14)22)12-5-3-2-4-6-12/h2-6,11,13H,7-10H2,1H3,(H,20,23)(H,21,24). The molecule has 1 unspecified atom stereocenters. The van der Waals surface area contributed by atoms with Gasteiger partial charge >= 0.3 is 0 Å². The molecule has 0 bridgehead atoms. The van der Waals surface area contributed by atoms with Crippen molar-refractivity contribution in [3.05, 3.63) is 69.1 Å². The normalized spacial score (nSPS) is 16.4. The Bertz CT molecular complexity index is 842. The van der Waals surface area contributed by atoms with E-state index < -0.39 is 11.5 Å². The quantitative estimate of drug-likeness (QED) is 0.810. The molecule has 3 rings (SSSR count). The third-order valence-corrected chi connectivity index (χ3v) is 4.41. The number of pyridine rings is 1. The lowest BCUT2D eigenvalue weighted by Crippen LogP contribution is -2.34. The van der Waals surface area contributed by atoms with Crippen LogP contribution in [0.4, 0.5) is 0 Å². The van der Waals surface area contributed by atoms with Gasteiger partial charge in [0, 0.05) is 31.3 Å². The van der Waals surface area contributed by atoms with Crippen LogP contribution in [-0.4, -0.2) is 36.9 Å². The predicted molar refractivity (Wildman–Crippen MR) is 93.1 cm³/mol. The first kappa shape index (κ1) is 17.1. The molecule has 2 N–H and O–H groups in total. The fraction of sp³-hybridized carbons (Fsp3) is 0.316. The van der Waals surface area contributed by atoms with Crippen LogP contribution in [-0.2, 0) is 11.2 Å². The number of carbonyl (C=O) groups excluding carboxylic acids is 2. The van der Waals surface area contributed by atoms with Crippen LogP contribution in [0.2, 0.25) is 0 Å². The molecule has 6 nitrogen and oxygen atoms in total. The molecule has 0 saturated carbocycles. The Morgan fingerprint density at radius 2 is 2.00 bits per heavy atom. The predicted octanol–water partition coefficient (Wildman–Crippen LogP) is 1.66. The van der Waals surface area contributed by atoms with Crippen LogP contribution in [0.3, 0.4) is 0 Å². The fourth-order valence-corrected chi connectivity index (χ4v) is 3.12. The van der Waals surface area contributed by atoms with Crippen LogP contribution in [0.5, 0.6) is 0 Å². The van der Waals surface area contributed by atoms with Crippen molar-refractivity contribution < 1.29 is 14.3 Å². The van der Waals surface area contributed by atoms with Crippen molar-refractivity contribution in [3.8, 4) is 0 Å². The minimum Gasteiger partial charge on any atom is -0.383 e. The van der Waals surface area contributed by atoms with Crippen LogP contribution in [0.15, 0.2) is 41.2 Å². The molecule has 1 atom stereocenters. The second-order valence-corrected chi connectivity index (χ2v) is 6.09. The Kier molecular flexibility index (Phi) is 5.09. The Hall–Kier alpha value is -2.73. The van der Waals surface area contributed by atoms with Crippen molar-refractivity contribution in [1.29, 1.82) is 0 Å². The van der Waals surface area contributed by atoms with Gasteiger partial charge in [-0.15, -0.1) is 0 Å². The Labute approximate surface area is 145 Å². The van der Waals surface area contributed by atoms with Gasteiger partial charge in [0.1, 0.15) is 5.56 Å². The molecule has 1 aromatic heterocycles. The molecule has 130 valence electrons. The van der Waals surface area contributed by atoms with Gasteiger partial charge < -0.3 is 15.0 Å². The number of aromatic amines is 1. The van der Waals surface area contributed by atoms with Gasteiger partial charge in [-0.2, -0.15) is 0 Å². The largest absolute Gasteiger partial charge is 0.383 e. The molecule has 1 heterocycles. The summed E-state index contributed by atoms with van der Waals surface area (Å²) in [7, 11) is 1.53. The van der Waals surface area contributed by atoms with Gasteiger partial charge in [-0.1, -0.05) is 30.3 Å². The zero-order valence-corrected chi connectivity index (χ0v) is 14.0. The second kappa shape index (κ2) is 7.44. The second-order valence-electron chi connectivity index (χ2n) is 6.09. The molecule has 1 aromatic carbocycles. The van der Waals surface area contributed by atoms with Crippen LogP contribution < -0.4 is 10.9 Å². The molecule has 0 aliphatic heterocycles. The van der Waals surface area contributed by atoms with Crippen molar-refractivity contribution in [2.45, 2.75) is 18.8 Å². The number of H-pyrrole nitrogens is 1. The van der Waals surface area contributed by atoms with Gasteiger partial charge in [0.05, 0.1) is 6.61 Å². The smallest absolute Gasteiger partial charge is 0.261 e. The first-order valence-corrected chi connectivity index (χ1v) is 8.21. The number of hydrogen-bond donors (Lipinski definition) is 2. The molecule has 1 aliphatic rings. The van der Waals surface area contributed by atoms with Crippen molar-refractivity contribution in [1.82, 2.24) is 10.3 Å². The van der Waals surface area contributed by atoms with E-state index in [0.29, 0.717) is 37.3 Å². The summed E-state index contributed by atoms with van der Waals surface area (Å²) < 4.78 is 4.86. The van der Waals surface area contributed by atoms with E-state index in [1.807, 2.05) is 30.3 Å². The number of rotatable bonds is 5. The van der Waals surface area contributed by atoms with E-state index in [1.54, 1.807) is 0 Å². The molecule has 6 heteroatoms. The minimum absolute atomic E-state index is 0.0400. The zero-order chi connectivity index (χ0) is 17.8. The number of ether oxygens (including phenoxy) is 1. The van der Waals surface area contributed by atoms with E-state index in [9.17, 15) is 14.4 Å². The molecular weight excluding hydrogens is 320 g/mol. The third-order valence-electron chi connectivity index (χ3n) is 4.41. The van der Waals surface area contributed by atoms with Gasteiger partial charge in [-0.25, -0.2) is 0 Å². The highest BCUT2D eigenvalue weighted by molar-refractivity contribution is 6.02. The molecule has 0 radical (unpaired) electrons. The Morgan fingerprint density at radius 1 is 1.24 bits per heavy atom. The lowest BCUT2D eigenvalue weighted by molar-refractivity contribution is 0.0935. The topological polar surface area (TPSA) is 88.3 Å². The maximum atomic E-state index is 12.5. The third kappa shape index (κ3) is 3.69. The van der Waals surface area contributed by atoms with Gasteiger partial charge in [0.25, 0.3) is 11.5 Å². The first-order valence-electron chi connectivity index (χ1n) is 8.21. The fourth-order valence-electron chi connectivity index (χ4n) is 3.12. The number of methoxy groups -OCH3 is 1. The summed E-state index contributed by atoms with van der Waals surface area (Å²) in [5, 5.41) is 2.60. The maximum Gasteiger partial charge on any atom is 0.261 e. The summed E-state index contributed by atoms with van der Waals surface area (Å²) in [5.41, 5.74) is 1.59. The first-order chi connectivity index (χ1) is 12.1. The van der Waals surface area contributed by atoms with Crippen LogP contribution in [0.25, 0.3) is 0 Å². The number of hydrogen-bond acceptors (Lipinski definition) is 4. The van der Waals surface area contributed by atoms with Gasteiger partial charge in [0.2, 0.25) is 0 Å². The summed E-state index contributed by atoms with van der Waals surface area (Å²) in [6.07, 6.45) is 0.944. The maximum absolute atomic E-state index is 12.5. The SMILES string of the molecule is COCCNC(=O)c1cc2c([nH]c1=O)CC(c1ccccc1)CC2=O. The molecule has 1 amide bonds. The molecule has 2 aromatic rings. The highest BCUT2D eigenvalue weighted by Crippen LogP contribution is 2.31. The summed E-state index contributed by atoms with van der Waals surface area (Å²) in [5.74, 6) is -0.519. The van der Waals surface area contributed by atoms with E-state index in [0.717, 1.165) is 5.56 Å². The zero-order valence-electron chi connectivity index (χ0n) is 14.0. The highest BCUT2D eigenvalue weighted by atomic mass is 16.5. The van der Waals surface area contributed by atoms with Crippen LogP contribution >= 0.6 is 0 Å². The number of amides is 1. The number of aromatic nitrogens is 1. The van der Waals surface area contributed by atoms with Crippen molar-refractivity contribution >= 4 is 11.7 Å². The van der Waals surface area contributed by atoms with E-state index in [2.05, 4.69) is 10.3 Å². The van der Waals surface area contributed by atoms with Crippen molar-refractivity contribution in [3.63, 3.8) is 0 Å². The number of benzene rings is 1. The molecular formula is C19H20N2O4. The van der Waals surface area contributed by atoms with Crippen LogP contribution in [0, 0.1) is 0 Å². The minimum atomic E-state index is -0.501. The molecule has 0 saturated heterocycles. The van der Waals surface area contributed by atoms with E-state index >= 15 is 0 Å². The highest BCUT2D eigenvalue weighted by Gasteiger charge is 2.28. The Balaban J connectivity index is 1.86. The lowest BCUT2D eigenvalue weighted by atomic mass is 9.81. The molecule has 0 fully saturated rings. The molecule has 0 spiro atoms. The summed E-state index contributed by atoms with van der Waals surface area (Å²) in [4.78, 5) is 39.6. The summed E-state index contributed by atoms with van der Waals surface area (Å²) in [6.45, 7) is 0.655. The molecule has 25 heavy (non-hydrogen) atoms. The number of nitrogens with one attached hydrogen (secondary N) is 2. The van der Waals surface area contributed by atoms with Crippen molar-refractivity contribution in [2.75, 3.05) is 20.3 Å². The lowest BCUT2D eigenvalue weighted by Gasteiger charge is -2.24. The van der Waals surface area contributed by atoms with Gasteiger partial charge in [-0.05, 0) is 24.0 Å². The average molecular weight is 340 g/mol. The summed E-state index contributed by atoms with van der Waals surface area (Å²) >= 11 is 0. The number of carbonyl (C=O) groups is 2. The number of ketones is 1. The van der Waals surface area contributed by atoms with Crippen molar-refractivity contribution in [2.24, 2.45) is 0 Å². The number of Topliss-reactive ketones (excluding diaryl/α,β-unsaturated/α-hetero) is 1. The van der Waals surface area contributed by atoms with E-state index in [-0.39, 0.29) is 17.3 Å².